The van der Waals surface area contributed by atoms with E-state index in [1.165, 1.54) is 4.90 Å². The standard InChI is InChI=1S/C18H22N2O4/c1-17(2,3)24-16(22)20-9-8-18(11-20)13-10-12(23-5)6-7-14(13)19(4)15(18)21/h6-10H,11H2,1-5H3. The van der Waals surface area contributed by atoms with Crippen molar-refractivity contribution in [3.63, 3.8) is 0 Å². The molecule has 2 aliphatic heterocycles. The van der Waals surface area contributed by atoms with Crippen molar-refractivity contribution in [2.24, 2.45) is 0 Å². The number of anilines is 1. The van der Waals surface area contributed by atoms with E-state index < -0.39 is 17.1 Å². The minimum Gasteiger partial charge on any atom is -0.497 e. The third-order valence-corrected chi connectivity index (χ3v) is 4.32. The fourth-order valence-electron chi connectivity index (χ4n) is 3.17. The zero-order valence-electron chi connectivity index (χ0n) is 14.6. The maximum Gasteiger partial charge on any atom is 0.414 e. The summed E-state index contributed by atoms with van der Waals surface area (Å²) in [6, 6.07) is 5.55. The molecule has 0 aromatic heterocycles. The highest BCUT2D eigenvalue weighted by atomic mass is 16.6. The first kappa shape index (κ1) is 16.4. The predicted molar refractivity (Wildman–Crippen MR) is 90.2 cm³/mol. The van der Waals surface area contributed by atoms with Gasteiger partial charge in [0.1, 0.15) is 16.8 Å². The molecule has 6 nitrogen and oxygen atoms in total. The summed E-state index contributed by atoms with van der Waals surface area (Å²) in [5.74, 6) is 0.619. The van der Waals surface area contributed by atoms with Gasteiger partial charge in [0.05, 0.1) is 13.7 Å². The molecule has 1 aromatic rings. The van der Waals surface area contributed by atoms with Crippen LogP contribution in [0.5, 0.6) is 5.75 Å². The van der Waals surface area contributed by atoms with Gasteiger partial charge in [0.15, 0.2) is 0 Å². The maximum absolute atomic E-state index is 12.9. The molecule has 3 rings (SSSR count). The Balaban J connectivity index is 1.95. The summed E-state index contributed by atoms with van der Waals surface area (Å²) < 4.78 is 10.7. The first-order chi connectivity index (χ1) is 11.2. The topological polar surface area (TPSA) is 59.1 Å². The average molecular weight is 330 g/mol. The Hall–Kier alpha value is -2.50. The lowest BCUT2D eigenvalue weighted by atomic mass is 9.83. The zero-order chi connectivity index (χ0) is 17.7. The number of methoxy groups -OCH3 is 1. The number of hydrogen-bond acceptors (Lipinski definition) is 4. The van der Waals surface area contributed by atoms with Crippen LogP contribution in [0.1, 0.15) is 26.3 Å². The van der Waals surface area contributed by atoms with Crippen molar-refractivity contribution in [1.82, 2.24) is 4.90 Å². The van der Waals surface area contributed by atoms with Crippen LogP contribution in [0.2, 0.25) is 0 Å². The van der Waals surface area contributed by atoms with Gasteiger partial charge in [-0.15, -0.1) is 0 Å². The van der Waals surface area contributed by atoms with Crippen LogP contribution in [-0.4, -0.2) is 43.2 Å². The Kier molecular flexibility index (Phi) is 3.59. The molecule has 0 saturated carbocycles. The molecular formula is C18H22N2O4. The molecule has 1 spiro atoms. The second kappa shape index (κ2) is 5.26. The molecule has 1 atom stereocenters. The zero-order valence-corrected chi connectivity index (χ0v) is 14.6. The van der Waals surface area contributed by atoms with Crippen molar-refractivity contribution in [3.05, 3.63) is 36.0 Å². The predicted octanol–water partition coefficient (Wildman–Crippen LogP) is 2.67. The van der Waals surface area contributed by atoms with Crippen LogP contribution in [0, 0.1) is 0 Å². The van der Waals surface area contributed by atoms with Crippen LogP contribution < -0.4 is 9.64 Å². The van der Waals surface area contributed by atoms with Crippen LogP contribution in [0.15, 0.2) is 30.5 Å². The van der Waals surface area contributed by atoms with Crippen LogP contribution in [0.3, 0.4) is 0 Å². The lowest BCUT2D eigenvalue weighted by Gasteiger charge is -2.26. The van der Waals surface area contributed by atoms with E-state index in [0.29, 0.717) is 5.75 Å². The van der Waals surface area contributed by atoms with Gasteiger partial charge in [0, 0.05) is 24.5 Å². The largest absolute Gasteiger partial charge is 0.497 e. The summed E-state index contributed by atoms with van der Waals surface area (Å²) >= 11 is 0. The van der Waals surface area contributed by atoms with E-state index in [4.69, 9.17) is 9.47 Å². The molecule has 1 aromatic carbocycles. The Bertz CT molecular complexity index is 735. The van der Waals surface area contributed by atoms with E-state index in [-0.39, 0.29) is 12.5 Å². The van der Waals surface area contributed by atoms with E-state index in [1.807, 2.05) is 39.0 Å². The molecule has 24 heavy (non-hydrogen) atoms. The summed E-state index contributed by atoms with van der Waals surface area (Å²) in [5, 5.41) is 0. The monoisotopic (exact) mass is 330 g/mol. The molecule has 0 aliphatic carbocycles. The van der Waals surface area contributed by atoms with Crippen molar-refractivity contribution in [2.45, 2.75) is 31.8 Å². The first-order valence-electron chi connectivity index (χ1n) is 7.83. The molecule has 0 fully saturated rings. The smallest absolute Gasteiger partial charge is 0.414 e. The molecule has 2 amide bonds. The average Bonchev–Trinajstić information content (AvgIpc) is 3.04. The fourth-order valence-corrected chi connectivity index (χ4v) is 3.17. The van der Waals surface area contributed by atoms with Gasteiger partial charge < -0.3 is 14.4 Å². The third kappa shape index (κ3) is 2.42. The van der Waals surface area contributed by atoms with Gasteiger partial charge in [-0.25, -0.2) is 4.79 Å². The van der Waals surface area contributed by atoms with Crippen molar-refractivity contribution >= 4 is 17.7 Å². The number of amides is 2. The fraction of sp³-hybridized carbons (Fsp3) is 0.444. The van der Waals surface area contributed by atoms with Gasteiger partial charge in [-0.2, -0.15) is 0 Å². The Morgan fingerprint density at radius 3 is 2.62 bits per heavy atom. The van der Waals surface area contributed by atoms with Gasteiger partial charge in [-0.05, 0) is 45.0 Å². The Morgan fingerprint density at radius 2 is 2.00 bits per heavy atom. The number of likely N-dealkylation sites (N-methyl/N-ethyl adjacent to an activating group) is 1. The van der Waals surface area contributed by atoms with Crippen molar-refractivity contribution in [2.75, 3.05) is 25.6 Å². The maximum atomic E-state index is 12.9. The lowest BCUT2D eigenvalue weighted by molar-refractivity contribution is -0.121. The highest BCUT2D eigenvalue weighted by molar-refractivity contribution is 6.10. The van der Waals surface area contributed by atoms with Gasteiger partial charge in [-0.3, -0.25) is 9.69 Å². The molecule has 0 N–H and O–H groups in total. The molecule has 0 radical (unpaired) electrons. The van der Waals surface area contributed by atoms with Gasteiger partial charge in [-0.1, -0.05) is 0 Å². The number of carbonyl (C=O) groups is 2. The molecule has 1 unspecified atom stereocenters. The normalized spacial score (nSPS) is 22.3. The molecule has 0 saturated heterocycles. The highest BCUT2D eigenvalue weighted by Gasteiger charge is 2.52. The number of benzene rings is 1. The highest BCUT2D eigenvalue weighted by Crippen LogP contribution is 2.46. The van der Waals surface area contributed by atoms with Crippen LogP contribution in [0.4, 0.5) is 10.5 Å². The number of fused-ring (bicyclic) bond motifs is 2. The number of ether oxygens (including phenoxy) is 2. The summed E-state index contributed by atoms with van der Waals surface area (Å²) in [6.07, 6.45) is 2.96. The summed E-state index contributed by atoms with van der Waals surface area (Å²) in [5.41, 5.74) is 0.210. The van der Waals surface area contributed by atoms with Crippen molar-refractivity contribution < 1.29 is 19.1 Å². The van der Waals surface area contributed by atoms with Gasteiger partial charge in [0.2, 0.25) is 5.91 Å². The van der Waals surface area contributed by atoms with Crippen LogP contribution >= 0.6 is 0 Å². The minimum atomic E-state index is -0.879. The minimum absolute atomic E-state index is 0.0620. The first-order valence-corrected chi connectivity index (χ1v) is 7.83. The number of carbonyl (C=O) groups excluding carboxylic acids is 2. The summed E-state index contributed by atoms with van der Waals surface area (Å²) in [7, 11) is 3.33. The van der Waals surface area contributed by atoms with E-state index in [9.17, 15) is 9.59 Å². The summed E-state index contributed by atoms with van der Waals surface area (Å²) in [6.45, 7) is 5.67. The number of nitrogens with zero attached hydrogens (tertiary/aromatic N) is 2. The Morgan fingerprint density at radius 1 is 1.29 bits per heavy atom. The second-order valence-electron chi connectivity index (χ2n) is 7.14. The number of rotatable bonds is 1. The molecule has 2 heterocycles. The third-order valence-electron chi connectivity index (χ3n) is 4.32. The van der Waals surface area contributed by atoms with E-state index >= 15 is 0 Å². The summed E-state index contributed by atoms with van der Waals surface area (Å²) in [4.78, 5) is 28.3. The van der Waals surface area contributed by atoms with Gasteiger partial charge in [0.25, 0.3) is 0 Å². The van der Waals surface area contributed by atoms with E-state index in [1.54, 1.807) is 31.3 Å². The van der Waals surface area contributed by atoms with Crippen LogP contribution in [-0.2, 0) is 14.9 Å². The molecule has 6 heteroatoms. The molecular weight excluding hydrogens is 308 g/mol. The van der Waals surface area contributed by atoms with Gasteiger partial charge >= 0.3 is 6.09 Å². The Labute approximate surface area is 141 Å². The molecule has 128 valence electrons. The lowest BCUT2D eigenvalue weighted by Crippen LogP contribution is -2.43. The van der Waals surface area contributed by atoms with E-state index in [2.05, 4.69) is 0 Å². The second-order valence-corrected chi connectivity index (χ2v) is 7.14. The van der Waals surface area contributed by atoms with Crippen molar-refractivity contribution in [1.29, 1.82) is 0 Å². The van der Waals surface area contributed by atoms with Crippen molar-refractivity contribution in [3.8, 4) is 5.75 Å². The SMILES string of the molecule is COc1ccc2c(c1)C1(C=CN(C(=O)OC(C)(C)C)C1)C(=O)N2C. The van der Waals surface area contributed by atoms with Crippen LogP contribution in [0.25, 0.3) is 0 Å². The molecule has 0 bridgehead atoms. The van der Waals surface area contributed by atoms with E-state index in [0.717, 1.165) is 11.3 Å². The quantitative estimate of drug-likeness (QED) is 0.794. The molecule has 2 aliphatic rings. The number of hydrogen-bond donors (Lipinski definition) is 0.